The molecule has 0 saturated carbocycles. The molecule has 3 nitrogen and oxygen atoms in total. The van der Waals surface area contributed by atoms with Crippen LogP contribution in [0.25, 0.3) is 0 Å². The van der Waals surface area contributed by atoms with Gasteiger partial charge in [-0.1, -0.05) is 38.3 Å². The van der Waals surface area contributed by atoms with Gasteiger partial charge in [-0.3, -0.25) is 4.79 Å². The molecule has 3 rings (SSSR count). The van der Waals surface area contributed by atoms with E-state index in [9.17, 15) is 9.18 Å². The standard InChI is InChI=1S/C20H25FN2O/c1-2-3-4-5-11-19(24)23-14-13-22-12-7-10-18(22)20(23)16-8-6-9-17(21)15-16/h6-10,12,15,20H,2-5,11,13-14H2,1H3. The van der Waals surface area contributed by atoms with Gasteiger partial charge >= 0.3 is 0 Å². The van der Waals surface area contributed by atoms with Crippen LogP contribution in [-0.4, -0.2) is 21.9 Å². The normalized spacial score (nSPS) is 16.9. The number of hydrogen-bond acceptors (Lipinski definition) is 1. The number of rotatable bonds is 6. The number of amides is 1. The Morgan fingerprint density at radius 3 is 2.83 bits per heavy atom. The van der Waals surface area contributed by atoms with E-state index < -0.39 is 0 Å². The minimum atomic E-state index is -0.258. The van der Waals surface area contributed by atoms with Crippen molar-refractivity contribution in [3.8, 4) is 0 Å². The Morgan fingerprint density at radius 2 is 2.04 bits per heavy atom. The van der Waals surface area contributed by atoms with E-state index in [1.807, 2.05) is 29.3 Å². The van der Waals surface area contributed by atoms with Crippen LogP contribution in [0.2, 0.25) is 0 Å². The third kappa shape index (κ3) is 3.53. The molecule has 1 aromatic heterocycles. The summed E-state index contributed by atoms with van der Waals surface area (Å²) in [6.07, 6.45) is 6.97. The summed E-state index contributed by atoms with van der Waals surface area (Å²) < 4.78 is 15.9. The fraction of sp³-hybridized carbons (Fsp3) is 0.450. The Bertz CT molecular complexity index is 694. The zero-order valence-electron chi connectivity index (χ0n) is 14.2. The number of carbonyl (C=O) groups is 1. The monoisotopic (exact) mass is 328 g/mol. The number of carbonyl (C=O) groups excluding carboxylic acids is 1. The highest BCUT2D eigenvalue weighted by atomic mass is 19.1. The number of aromatic nitrogens is 1. The third-order valence-corrected chi connectivity index (χ3v) is 4.77. The van der Waals surface area contributed by atoms with Gasteiger partial charge in [-0.05, 0) is 36.2 Å². The Hall–Kier alpha value is -2.10. The maximum Gasteiger partial charge on any atom is 0.223 e. The molecule has 1 aliphatic rings. The van der Waals surface area contributed by atoms with Gasteiger partial charge in [-0.2, -0.15) is 0 Å². The van der Waals surface area contributed by atoms with E-state index in [0.29, 0.717) is 13.0 Å². The second-order valence-corrected chi connectivity index (χ2v) is 6.48. The summed E-state index contributed by atoms with van der Waals surface area (Å²) in [4.78, 5) is 14.7. The molecule has 128 valence electrons. The van der Waals surface area contributed by atoms with Gasteiger partial charge in [-0.15, -0.1) is 0 Å². The van der Waals surface area contributed by atoms with Crippen LogP contribution in [0.15, 0.2) is 42.6 Å². The van der Waals surface area contributed by atoms with E-state index in [-0.39, 0.29) is 17.8 Å². The van der Waals surface area contributed by atoms with Crippen molar-refractivity contribution in [1.29, 1.82) is 0 Å². The average molecular weight is 328 g/mol. The minimum absolute atomic E-state index is 0.174. The molecular formula is C20H25FN2O. The van der Waals surface area contributed by atoms with Crippen LogP contribution in [0, 0.1) is 5.82 Å². The average Bonchev–Trinajstić information content (AvgIpc) is 3.06. The lowest BCUT2D eigenvalue weighted by atomic mass is 9.99. The summed E-state index contributed by atoms with van der Waals surface area (Å²) in [6, 6.07) is 10.5. The predicted molar refractivity (Wildman–Crippen MR) is 93.1 cm³/mol. The van der Waals surface area contributed by atoms with Gasteiger partial charge in [0.05, 0.1) is 6.04 Å². The van der Waals surface area contributed by atoms with Crippen LogP contribution in [0.3, 0.4) is 0 Å². The summed E-state index contributed by atoms with van der Waals surface area (Å²) in [5.41, 5.74) is 1.91. The van der Waals surface area contributed by atoms with Crippen molar-refractivity contribution < 1.29 is 9.18 Å². The first-order valence-electron chi connectivity index (χ1n) is 8.90. The van der Waals surface area contributed by atoms with Gasteiger partial charge in [0.25, 0.3) is 0 Å². The first-order valence-corrected chi connectivity index (χ1v) is 8.90. The molecular weight excluding hydrogens is 303 g/mol. The molecule has 2 heterocycles. The molecule has 0 N–H and O–H groups in total. The van der Waals surface area contributed by atoms with Crippen molar-refractivity contribution in [2.24, 2.45) is 0 Å². The first-order chi connectivity index (χ1) is 11.7. The summed E-state index contributed by atoms with van der Waals surface area (Å²) in [7, 11) is 0. The lowest BCUT2D eigenvalue weighted by Crippen LogP contribution is -2.42. The molecule has 0 aliphatic carbocycles. The van der Waals surface area contributed by atoms with E-state index >= 15 is 0 Å². The highest BCUT2D eigenvalue weighted by Crippen LogP contribution is 2.33. The Labute approximate surface area is 143 Å². The molecule has 1 unspecified atom stereocenters. The van der Waals surface area contributed by atoms with E-state index in [0.717, 1.165) is 37.1 Å². The van der Waals surface area contributed by atoms with E-state index in [1.54, 1.807) is 12.1 Å². The largest absolute Gasteiger partial charge is 0.348 e. The molecule has 1 atom stereocenters. The van der Waals surface area contributed by atoms with Gasteiger partial charge in [0.15, 0.2) is 0 Å². The van der Waals surface area contributed by atoms with Crippen LogP contribution < -0.4 is 0 Å². The Balaban J connectivity index is 1.83. The van der Waals surface area contributed by atoms with Crippen LogP contribution in [0.5, 0.6) is 0 Å². The molecule has 24 heavy (non-hydrogen) atoms. The molecule has 1 aromatic carbocycles. The lowest BCUT2D eigenvalue weighted by molar-refractivity contribution is -0.134. The number of benzene rings is 1. The van der Waals surface area contributed by atoms with E-state index in [2.05, 4.69) is 11.5 Å². The lowest BCUT2D eigenvalue weighted by Gasteiger charge is -2.37. The maximum absolute atomic E-state index is 13.7. The van der Waals surface area contributed by atoms with Crippen molar-refractivity contribution in [2.75, 3.05) is 6.54 Å². The minimum Gasteiger partial charge on any atom is -0.348 e. The molecule has 1 amide bonds. The highest BCUT2D eigenvalue weighted by Gasteiger charge is 2.31. The number of unbranched alkanes of at least 4 members (excludes halogenated alkanes) is 3. The van der Waals surface area contributed by atoms with Crippen LogP contribution >= 0.6 is 0 Å². The highest BCUT2D eigenvalue weighted by molar-refractivity contribution is 5.77. The zero-order chi connectivity index (χ0) is 16.9. The van der Waals surface area contributed by atoms with E-state index in [4.69, 9.17) is 0 Å². The molecule has 2 aromatic rings. The second-order valence-electron chi connectivity index (χ2n) is 6.48. The molecule has 0 spiro atoms. The fourth-order valence-electron chi connectivity index (χ4n) is 3.53. The number of fused-ring (bicyclic) bond motifs is 1. The topological polar surface area (TPSA) is 25.2 Å². The first kappa shape index (κ1) is 16.7. The van der Waals surface area contributed by atoms with Crippen molar-refractivity contribution in [3.63, 3.8) is 0 Å². The predicted octanol–water partition coefficient (Wildman–Crippen LogP) is 4.53. The van der Waals surface area contributed by atoms with Gasteiger partial charge in [0.1, 0.15) is 5.82 Å². The van der Waals surface area contributed by atoms with E-state index in [1.165, 1.54) is 12.5 Å². The van der Waals surface area contributed by atoms with Gasteiger partial charge in [0.2, 0.25) is 5.91 Å². The van der Waals surface area contributed by atoms with Crippen molar-refractivity contribution in [2.45, 2.75) is 51.6 Å². The third-order valence-electron chi connectivity index (χ3n) is 4.77. The number of halogens is 1. The summed E-state index contributed by atoms with van der Waals surface area (Å²) >= 11 is 0. The summed E-state index contributed by atoms with van der Waals surface area (Å²) in [5, 5.41) is 0. The zero-order valence-corrected chi connectivity index (χ0v) is 14.2. The van der Waals surface area contributed by atoms with Gasteiger partial charge in [-0.25, -0.2) is 4.39 Å². The maximum atomic E-state index is 13.7. The number of nitrogens with zero attached hydrogens (tertiary/aromatic N) is 2. The van der Waals surface area contributed by atoms with Crippen molar-refractivity contribution >= 4 is 5.91 Å². The summed E-state index contributed by atoms with van der Waals surface area (Å²) in [5.74, 6) is -0.0839. The second kappa shape index (κ2) is 7.65. The molecule has 0 saturated heterocycles. The van der Waals surface area contributed by atoms with Gasteiger partial charge in [0, 0.05) is 31.4 Å². The SMILES string of the molecule is CCCCCCC(=O)N1CCn2cccc2C1c1cccc(F)c1. The molecule has 0 bridgehead atoms. The van der Waals surface area contributed by atoms with Crippen molar-refractivity contribution in [1.82, 2.24) is 9.47 Å². The quantitative estimate of drug-likeness (QED) is 0.715. The van der Waals surface area contributed by atoms with Crippen LogP contribution in [-0.2, 0) is 11.3 Å². The van der Waals surface area contributed by atoms with Gasteiger partial charge < -0.3 is 9.47 Å². The molecule has 1 aliphatic heterocycles. The summed E-state index contributed by atoms with van der Waals surface area (Å²) in [6.45, 7) is 3.64. The van der Waals surface area contributed by atoms with Crippen molar-refractivity contribution in [3.05, 3.63) is 59.7 Å². The fourth-order valence-corrected chi connectivity index (χ4v) is 3.53. The molecule has 0 fully saturated rings. The smallest absolute Gasteiger partial charge is 0.223 e. The molecule has 4 heteroatoms. The van der Waals surface area contributed by atoms with Crippen LogP contribution in [0.1, 0.15) is 56.3 Å². The Kier molecular flexibility index (Phi) is 5.34. The number of hydrogen-bond donors (Lipinski definition) is 0. The Morgan fingerprint density at radius 1 is 1.17 bits per heavy atom. The van der Waals surface area contributed by atoms with Crippen LogP contribution in [0.4, 0.5) is 4.39 Å². The molecule has 0 radical (unpaired) electrons.